The number of nitrogens with zero attached hydrogens (tertiary/aromatic N) is 1. The number of sulfonamides is 1. The summed E-state index contributed by atoms with van der Waals surface area (Å²) >= 11 is 6.07. The smallest absolute Gasteiger partial charge is 0.261 e. The van der Waals surface area contributed by atoms with Crippen molar-refractivity contribution in [2.75, 3.05) is 10.0 Å². The molecular weight excluding hydrogens is 438 g/mol. The fourth-order valence-corrected chi connectivity index (χ4v) is 3.91. The maximum Gasteiger partial charge on any atom is 0.261 e. The molecule has 0 aliphatic heterocycles. The van der Waals surface area contributed by atoms with Gasteiger partial charge >= 0.3 is 0 Å². The van der Waals surface area contributed by atoms with Crippen LogP contribution in [-0.2, 0) is 14.8 Å². The first-order chi connectivity index (χ1) is 14.7. The molecule has 0 aliphatic carbocycles. The molecule has 162 valence electrons. The Bertz CT molecular complexity index is 1230. The van der Waals surface area contributed by atoms with Gasteiger partial charge in [-0.25, -0.2) is 8.42 Å². The second-order valence-corrected chi connectivity index (χ2v) is 8.97. The molecule has 0 atom stereocenters. The molecule has 0 saturated heterocycles. The number of anilines is 2. The van der Waals surface area contributed by atoms with E-state index in [2.05, 4.69) is 15.2 Å². The standard InChI is InChI=1S/C22H22ClN3O4S/c1-4-21(27)24-22-15(3)25-30-20(22)12-8-16-6-10-18(11-7-16)31(28,29)26-17-9-5-14(2)19(23)13-17/h5-13,26H,4H2,1-3H3,(H,24,27)/b12-8-. The third-order valence-corrected chi connectivity index (χ3v) is 6.32. The van der Waals surface area contributed by atoms with Crippen LogP contribution in [0.15, 0.2) is 51.9 Å². The van der Waals surface area contributed by atoms with Crippen molar-refractivity contribution < 1.29 is 17.7 Å². The van der Waals surface area contributed by atoms with Crippen molar-refractivity contribution in [1.82, 2.24) is 5.16 Å². The molecule has 9 heteroatoms. The minimum atomic E-state index is -3.76. The SMILES string of the molecule is CCC(=O)Nc1c(C)noc1/C=C\c1ccc(S(=O)(=O)Nc2ccc(C)c(Cl)c2)cc1. The normalized spacial score (nSPS) is 11.6. The van der Waals surface area contributed by atoms with Crippen LogP contribution in [0.2, 0.25) is 5.02 Å². The van der Waals surface area contributed by atoms with Gasteiger partial charge in [0.2, 0.25) is 5.91 Å². The van der Waals surface area contributed by atoms with Crippen molar-refractivity contribution in [2.24, 2.45) is 0 Å². The van der Waals surface area contributed by atoms with E-state index >= 15 is 0 Å². The van der Waals surface area contributed by atoms with E-state index in [-0.39, 0.29) is 10.8 Å². The van der Waals surface area contributed by atoms with Crippen molar-refractivity contribution in [3.8, 4) is 0 Å². The van der Waals surface area contributed by atoms with Crippen molar-refractivity contribution in [2.45, 2.75) is 32.1 Å². The first-order valence-corrected chi connectivity index (χ1v) is 11.4. The van der Waals surface area contributed by atoms with Crippen LogP contribution in [0.3, 0.4) is 0 Å². The lowest BCUT2D eigenvalue weighted by molar-refractivity contribution is -0.115. The Balaban J connectivity index is 1.76. The van der Waals surface area contributed by atoms with E-state index in [9.17, 15) is 13.2 Å². The van der Waals surface area contributed by atoms with E-state index in [4.69, 9.17) is 16.1 Å². The fraction of sp³-hybridized carbons (Fsp3) is 0.182. The van der Waals surface area contributed by atoms with Gasteiger partial charge in [-0.3, -0.25) is 9.52 Å². The molecule has 1 heterocycles. The molecule has 1 amide bonds. The average Bonchev–Trinajstić information content (AvgIpc) is 3.08. The predicted octanol–water partition coefficient (Wildman–Crippen LogP) is 5.26. The number of aromatic nitrogens is 1. The first-order valence-electron chi connectivity index (χ1n) is 9.53. The van der Waals surface area contributed by atoms with Crippen molar-refractivity contribution >= 4 is 51.1 Å². The van der Waals surface area contributed by atoms with Crippen LogP contribution in [0.1, 0.15) is 35.9 Å². The monoisotopic (exact) mass is 459 g/mol. The Hall–Kier alpha value is -3.10. The molecule has 0 unspecified atom stereocenters. The molecule has 3 aromatic rings. The van der Waals surface area contributed by atoms with Crippen LogP contribution in [0.25, 0.3) is 12.2 Å². The van der Waals surface area contributed by atoms with Crippen molar-refractivity contribution in [3.63, 3.8) is 0 Å². The summed E-state index contributed by atoms with van der Waals surface area (Å²) in [4.78, 5) is 11.8. The maximum atomic E-state index is 12.6. The van der Waals surface area contributed by atoms with Gasteiger partial charge in [0, 0.05) is 11.4 Å². The third-order valence-electron chi connectivity index (χ3n) is 4.52. The Morgan fingerprint density at radius 1 is 1.13 bits per heavy atom. The molecule has 31 heavy (non-hydrogen) atoms. The molecule has 2 aromatic carbocycles. The number of halogens is 1. The topological polar surface area (TPSA) is 101 Å². The van der Waals surface area contributed by atoms with E-state index in [1.54, 1.807) is 56.3 Å². The van der Waals surface area contributed by atoms with Crippen molar-refractivity contribution in [3.05, 3.63) is 70.1 Å². The van der Waals surface area contributed by atoms with Crippen LogP contribution < -0.4 is 10.0 Å². The Kier molecular flexibility index (Phi) is 6.82. The van der Waals surface area contributed by atoms with Gasteiger partial charge in [-0.1, -0.05) is 48.0 Å². The number of hydrogen-bond acceptors (Lipinski definition) is 5. The molecule has 2 N–H and O–H groups in total. The average molecular weight is 460 g/mol. The number of amides is 1. The van der Waals surface area contributed by atoms with Gasteiger partial charge in [0.15, 0.2) is 5.76 Å². The summed E-state index contributed by atoms with van der Waals surface area (Å²) in [6.45, 7) is 5.33. The second-order valence-electron chi connectivity index (χ2n) is 6.88. The van der Waals surface area contributed by atoms with Gasteiger partial charge in [-0.15, -0.1) is 0 Å². The predicted molar refractivity (Wildman–Crippen MR) is 123 cm³/mol. The third kappa shape index (κ3) is 5.53. The summed E-state index contributed by atoms with van der Waals surface area (Å²) in [6, 6.07) is 11.3. The van der Waals surface area contributed by atoms with E-state index in [1.807, 2.05) is 6.92 Å². The van der Waals surface area contributed by atoms with Crippen LogP contribution in [0.4, 0.5) is 11.4 Å². The lowest BCUT2D eigenvalue weighted by Gasteiger charge is -2.09. The number of nitrogens with one attached hydrogen (secondary N) is 2. The lowest BCUT2D eigenvalue weighted by Crippen LogP contribution is -2.12. The Morgan fingerprint density at radius 2 is 1.84 bits per heavy atom. The second kappa shape index (κ2) is 9.36. The van der Waals surface area contributed by atoms with Gasteiger partial charge < -0.3 is 9.84 Å². The molecular formula is C22H22ClN3O4S. The summed E-state index contributed by atoms with van der Waals surface area (Å²) in [5.41, 5.74) is 3.09. The van der Waals surface area contributed by atoms with Crippen LogP contribution in [0.5, 0.6) is 0 Å². The highest BCUT2D eigenvalue weighted by molar-refractivity contribution is 7.92. The molecule has 3 rings (SSSR count). The Labute approximate surface area is 186 Å². The number of benzene rings is 2. The van der Waals surface area contributed by atoms with Gasteiger partial charge in [0.05, 0.1) is 10.6 Å². The van der Waals surface area contributed by atoms with Gasteiger partial charge in [0.1, 0.15) is 11.4 Å². The zero-order chi connectivity index (χ0) is 22.6. The highest BCUT2D eigenvalue weighted by Crippen LogP contribution is 2.24. The molecule has 0 saturated carbocycles. The van der Waals surface area contributed by atoms with E-state index in [0.29, 0.717) is 34.3 Å². The van der Waals surface area contributed by atoms with Gasteiger partial charge in [0.25, 0.3) is 10.0 Å². The van der Waals surface area contributed by atoms with Crippen molar-refractivity contribution in [1.29, 1.82) is 0 Å². The lowest BCUT2D eigenvalue weighted by atomic mass is 10.2. The zero-order valence-corrected chi connectivity index (χ0v) is 18.8. The quantitative estimate of drug-likeness (QED) is 0.501. The summed E-state index contributed by atoms with van der Waals surface area (Å²) in [5.74, 6) is 0.270. The zero-order valence-electron chi connectivity index (χ0n) is 17.3. The van der Waals surface area contributed by atoms with E-state index in [0.717, 1.165) is 11.1 Å². The van der Waals surface area contributed by atoms with Gasteiger partial charge in [-0.2, -0.15) is 0 Å². The number of rotatable bonds is 7. The first kappa shape index (κ1) is 22.6. The molecule has 0 aliphatic rings. The number of hydrogen-bond donors (Lipinski definition) is 2. The molecule has 7 nitrogen and oxygen atoms in total. The summed E-state index contributed by atoms with van der Waals surface area (Å²) in [6.07, 6.45) is 3.75. The Morgan fingerprint density at radius 3 is 2.48 bits per heavy atom. The highest BCUT2D eigenvalue weighted by Gasteiger charge is 2.15. The van der Waals surface area contributed by atoms with Gasteiger partial charge in [-0.05, 0) is 55.3 Å². The molecule has 1 aromatic heterocycles. The number of aryl methyl sites for hydroxylation is 2. The van der Waals surface area contributed by atoms with E-state index < -0.39 is 10.0 Å². The maximum absolute atomic E-state index is 12.6. The molecule has 0 spiro atoms. The van der Waals surface area contributed by atoms with Crippen LogP contribution in [0, 0.1) is 13.8 Å². The summed E-state index contributed by atoms with van der Waals surface area (Å²) < 4.78 is 33.0. The molecule has 0 fully saturated rings. The van der Waals surface area contributed by atoms with Crippen LogP contribution in [-0.4, -0.2) is 19.5 Å². The van der Waals surface area contributed by atoms with Crippen LogP contribution >= 0.6 is 11.6 Å². The van der Waals surface area contributed by atoms with E-state index in [1.165, 1.54) is 12.1 Å². The minimum Gasteiger partial charge on any atom is -0.354 e. The molecule has 0 radical (unpaired) electrons. The molecule has 0 bridgehead atoms. The summed E-state index contributed by atoms with van der Waals surface area (Å²) in [7, 11) is -3.76. The highest BCUT2D eigenvalue weighted by atomic mass is 35.5. The fourth-order valence-electron chi connectivity index (χ4n) is 2.68. The number of carbonyl (C=O) groups excluding carboxylic acids is 1. The largest absolute Gasteiger partial charge is 0.354 e. The number of carbonyl (C=O) groups is 1. The summed E-state index contributed by atoms with van der Waals surface area (Å²) in [5, 5.41) is 7.12. The minimum absolute atomic E-state index is 0.118.